The van der Waals surface area contributed by atoms with Gasteiger partial charge in [0, 0.05) is 5.92 Å². The molecule has 1 aliphatic rings. The first-order valence-electron chi connectivity index (χ1n) is 14.2. The predicted molar refractivity (Wildman–Crippen MR) is 159 cm³/mol. The van der Waals surface area contributed by atoms with Crippen LogP contribution in [0.4, 0.5) is 14.6 Å². The standard InChI is InChI=1S/C33H33F2N5O3/c1-4-32(19-41)21(2)26(34)30(43-32)40-20-36-27-28(37-31(35)38-29(27)40)39-33(22-11-7-5-8-12-22,23-13-9-6-10-14-23)24-15-17-25(42-3)18-16-24/h5-18,20-21,26,30,41H,4,19H2,1-3H3,(H,37,38,39)/t21-,26-,30+,32+/m0/s1. The van der Waals surface area contributed by atoms with Crippen LogP contribution >= 0.6 is 0 Å². The quantitative estimate of drug-likeness (QED) is 0.161. The number of alkyl halides is 1. The maximum atomic E-state index is 15.7. The summed E-state index contributed by atoms with van der Waals surface area (Å²) in [6.07, 6.45) is -1.85. The summed E-state index contributed by atoms with van der Waals surface area (Å²) in [5, 5.41) is 13.6. The molecule has 0 radical (unpaired) electrons. The summed E-state index contributed by atoms with van der Waals surface area (Å²) in [6.45, 7) is 3.20. The number of fused-ring (bicyclic) bond motifs is 1. The number of benzene rings is 3. The molecule has 3 aromatic carbocycles. The molecule has 3 heterocycles. The number of nitrogens with one attached hydrogen (secondary N) is 1. The SMILES string of the molecule is CC[C@]1(CO)O[C@@H](n2cnc3c(NC(c4ccccc4)(c4ccccc4)c4ccc(OC)cc4)nc(F)nc32)[C@@H](F)[C@@H]1C. The number of halogens is 2. The van der Waals surface area contributed by atoms with Crippen LogP contribution in [-0.4, -0.2) is 50.1 Å². The molecule has 0 aliphatic carbocycles. The lowest BCUT2D eigenvalue weighted by Gasteiger charge is -2.37. The maximum absolute atomic E-state index is 15.7. The molecule has 1 fully saturated rings. The molecular formula is C33H33F2N5O3. The lowest BCUT2D eigenvalue weighted by Crippen LogP contribution is -2.39. The van der Waals surface area contributed by atoms with E-state index < -0.39 is 35.5 Å². The molecule has 1 saturated heterocycles. The molecule has 0 spiro atoms. The zero-order valence-corrected chi connectivity index (χ0v) is 24.1. The van der Waals surface area contributed by atoms with Crippen LogP contribution in [0.25, 0.3) is 11.2 Å². The summed E-state index contributed by atoms with van der Waals surface area (Å²) < 4.78 is 43.9. The Morgan fingerprint density at radius 3 is 2.12 bits per heavy atom. The molecule has 10 heteroatoms. The van der Waals surface area contributed by atoms with E-state index in [1.165, 1.54) is 10.9 Å². The van der Waals surface area contributed by atoms with E-state index in [4.69, 9.17) is 9.47 Å². The van der Waals surface area contributed by atoms with Crippen molar-refractivity contribution in [3.8, 4) is 5.75 Å². The third-order valence-electron chi connectivity index (χ3n) is 8.71. The molecular weight excluding hydrogens is 552 g/mol. The van der Waals surface area contributed by atoms with Gasteiger partial charge in [0.05, 0.1) is 25.6 Å². The minimum atomic E-state index is -1.48. The number of aromatic nitrogens is 4. The second kappa shape index (κ2) is 11.3. The number of anilines is 1. The van der Waals surface area contributed by atoms with Crippen molar-refractivity contribution >= 4 is 17.0 Å². The first-order chi connectivity index (χ1) is 20.9. The van der Waals surface area contributed by atoms with Gasteiger partial charge >= 0.3 is 6.08 Å². The number of aliphatic hydroxyl groups is 1. The Labute approximate surface area is 248 Å². The molecule has 0 saturated carbocycles. The summed E-state index contributed by atoms with van der Waals surface area (Å²) >= 11 is 0. The first-order valence-corrected chi connectivity index (χ1v) is 14.2. The zero-order valence-electron chi connectivity index (χ0n) is 24.1. The Bertz CT molecular complexity index is 1660. The van der Waals surface area contributed by atoms with Crippen molar-refractivity contribution in [1.82, 2.24) is 19.5 Å². The van der Waals surface area contributed by atoms with Gasteiger partial charge in [0.1, 0.15) is 11.3 Å². The molecule has 8 nitrogen and oxygen atoms in total. The van der Waals surface area contributed by atoms with Gasteiger partial charge in [-0.2, -0.15) is 14.4 Å². The average molecular weight is 586 g/mol. The molecule has 0 unspecified atom stereocenters. The lowest BCUT2D eigenvalue weighted by atomic mass is 9.77. The van der Waals surface area contributed by atoms with E-state index in [9.17, 15) is 5.11 Å². The molecule has 222 valence electrons. The van der Waals surface area contributed by atoms with Crippen molar-refractivity contribution in [1.29, 1.82) is 0 Å². The van der Waals surface area contributed by atoms with E-state index in [-0.39, 0.29) is 23.6 Å². The fraction of sp³-hybridized carbons (Fsp3) is 0.303. The topological polar surface area (TPSA) is 94.3 Å². The molecule has 2 N–H and O–H groups in total. The summed E-state index contributed by atoms with van der Waals surface area (Å²) in [5.41, 5.74) is 0.761. The van der Waals surface area contributed by atoms with Gasteiger partial charge in [-0.05, 0) is 35.2 Å². The monoisotopic (exact) mass is 585 g/mol. The van der Waals surface area contributed by atoms with Crippen LogP contribution in [0, 0.1) is 12.0 Å². The van der Waals surface area contributed by atoms with Crippen LogP contribution in [-0.2, 0) is 10.3 Å². The Balaban J connectivity index is 1.55. The van der Waals surface area contributed by atoms with Crippen molar-refractivity contribution in [2.24, 2.45) is 5.92 Å². The number of imidazole rings is 1. The van der Waals surface area contributed by atoms with Crippen molar-refractivity contribution in [3.05, 3.63) is 114 Å². The predicted octanol–water partition coefficient (Wildman–Crippen LogP) is 6.02. The van der Waals surface area contributed by atoms with Gasteiger partial charge in [-0.15, -0.1) is 0 Å². The van der Waals surface area contributed by atoms with E-state index in [1.54, 1.807) is 14.0 Å². The fourth-order valence-corrected chi connectivity index (χ4v) is 6.13. The number of ether oxygens (including phenoxy) is 2. The molecule has 5 aromatic rings. The Kier molecular flexibility index (Phi) is 7.57. The van der Waals surface area contributed by atoms with Gasteiger partial charge in [0.25, 0.3) is 0 Å². The Morgan fingerprint density at radius 1 is 0.977 bits per heavy atom. The smallest absolute Gasteiger partial charge is 0.312 e. The summed E-state index contributed by atoms with van der Waals surface area (Å²) in [7, 11) is 1.60. The summed E-state index contributed by atoms with van der Waals surface area (Å²) in [5.74, 6) is 0.203. The van der Waals surface area contributed by atoms with Crippen LogP contribution in [0.3, 0.4) is 0 Å². The van der Waals surface area contributed by atoms with Gasteiger partial charge in [-0.3, -0.25) is 4.57 Å². The number of methoxy groups -OCH3 is 1. The third-order valence-corrected chi connectivity index (χ3v) is 8.71. The van der Waals surface area contributed by atoms with Crippen LogP contribution < -0.4 is 10.1 Å². The van der Waals surface area contributed by atoms with Crippen LogP contribution in [0.15, 0.2) is 91.3 Å². The number of rotatable bonds is 9. The van der Waals surface area contributed by atoms with Gasteiger partial charge in [-0.1, -0.05) is 86.6 Å². The highest BCUT2D eigenvalue weighted by Crippen LogP contribution is 2.46. The largest absolute Gasteiger partial charge is 0.497 e. The van der Waals surface area contributed by atoms with E-state index in [1.807, 2.05) is 91.9 Å². The van der Waals surface area contributed by atoms with Crippen LogP contribution in [0.1, 0.15) is 43.2 Å². The van der Waals surface area contributed by atoms with Crippen molar-refractivity contribution in [2.75, 3.05) is 19.0 Å². The first kappa shape index (κ1) is 28.7. The Hall–Kier alpha value is -4.41. The van der Waals surface area contributed by atoms with E-state index in [0.717, 1.165) is 16.7 Å². The van der Waals surface area contributed by atoms with Crippen molar-refractivity contribution < 1.29 is 23.4 Å². The minimum Gasteiger partial charge on any atom is -0.497 e. The minimum absolute atomic E-state index is 0.0736. The van der Waals surface area contributed by atoms with Gasteiger partial charge in [0.15, 0.2) is 29.4 Å². The number of aliphatic hydroxyl groups excluding tert-OH is 1. The lowest BCUT2D eigenvalue weighted by molar-refractivity contribution is -0.113. The molecule has 0 amide bonds. The number of hydrogen-bond acceptors (Lipinski definition) is 7. The number of nitrogens with zero attached hydrogens (tertiary/aromatic N) is 4. The second-order valence-corrected chi connectivity index (χ2v) is 10.8. The third kappa shape index (κ3) is 4.71. The Morgan fingerprint density at radius 2 is 1.58 bits per heavy atom. The average Bonchev–Trinajstić information content (AvgIpc) is 3.58. The highest BCUT2D eigenvalue weighted by molar-refractivity contribution is 5.84. The molecule has 0 bridgehead atoms. The van der Waals surface area contributed by atoms with Crippen molar-refractivity contribution in [2.45, 2.75) is 43.8 Å². The van der Waals surface area contributed by atoms with E-state index >= 15 is 8.78 Å². The van der Waals surface area contributed by atoms with Crippen LogP contribution in [0.2, 0.25) is 0 Å². The number of hydrogen-bond donors (Lipinski definition) is 2. The molecule has 6 rings (SSSR count). The van der Waals surface area contributed by atoms with Gasteiger partial charge < -0.3 is 19.9 Å². The molecule has 4 atom stereocenters. The highest BCUT2D eigenvalue weighted by atomic mass is 19.1. The summed E-state index contributed by atoms with van der Waals surface area (Å²) in [6, 6.07) is 27.1. The van der Waals surface area contributed by atoms with E-state index in [2.05, 4.69) is 20.3 Å². The maximum Gasteiger partial charge on any atom is 0.312 e. The van der Waals surface area contributed by atoms with E-state index in [0.29, 0.717) is 12.2 Å². The molecule has 2 aromatic heterocycles. The van der Waals surface area contributed by atoms with Crippen LogP contribution in [0.5, 0.6) is 5.75 Å². The van der Waals surface area contributed by atoms with Gasteiger partial charge in [-0.25, -0.2) is 9.37 Å². The van der Waals surface area contributed by atoms with Crippen molar-refractivity contribution in [3.63, 3.8) is 0 Å². The molecule has 43 heavy (non-hydrogen) atoms. The van der Waals surface area contributed by atoms with Gasteiger partial charge in [0.2, 0.25) is 0 Å². The highest BCUT2D eigenvalue weighted by Gasteiger charge is 2.53. The fourth-order valence-electron chi connectivity index (χ4n) is 6.13. The normalized spacial score (nSPS) is 22.1. The zero-order chi connectivity index (χ0) is 30.2. The molecule has 1 aliphatic heterocycles. The second-order valence-electron chi connectivity index (χ2n) is 10.8. The summed E-state index contributed by atoms with van der Waals surface area (Å²) in [4.78, 5) is 12.7.